The van der Waals surface area contributed by atoms with Crippen molar-refractivity contribution in [1.29, 1.82) is 0 Å². The molecule has 2 aliphatic rings. The Kier molecular flexibility index (Phi) is 3.23. The summed E-state index contributed by atoms with van der Waals surface area (Å²) < 4.78 is 0. The van der Waals surface area contributed by atoms with Crippen LogP contribution in [0.5, 0.6) is 0 Å². The van der Waals surface area contributed by atoms with E-state index in [0.29, 0.717) is 23.8 Å². The molecule has 2 aromatic heterocycles. The molecule has 1 aromatic carbocycles. The summed E-state index contributed by atoms with van der Waals surface area (Å²) in [4.78, 5) is 12.3. The van der Waals surface area contributed by atoms with Gasteiger partial charge in [0.1, 0.15) is 17.8 Å². The van der Waals surface area contributed by atoms with Gasteiger partial charge >= 0.3 is 0 Å². The third kappa shape index (κ3) is 2.35. The fourth-order valence-corrected chi connectivity index (χ4v) is 4.05. The molecule has 2 unspecified atom stereocenters. The Bertz CT molecular complexity index is 881. The number of nitrogens with one attached hydrogen (secondary N) is 2. The van der Waals surface area contributed by atoms with Gasteiger partial charge in [0.15, 0.2) is 0 Å². The average Bonchev–Trinajstić information content (AvgIpc) is 3.51. The van der Waals surface area contributed by atoms with Crippen LogP contribution in [0.4, 0.5) is 5.82 Å². The zero-order chi connectivity index (χ0) is 16.1. The normalized spacial score (nSPS) is 20.4. The van der Waals surface area contributed by atoms with Crippen LogP contribution in [0.15, 0.2) is 30.6 Å². The van der Waals surface area contributed by atoms with Crippen molar-refractivity contribution in [1.82, 2.24) is 15.0 Å². The van der Waals surface area contributed by atoms with Crippen molar-refractivity contribution in [2.24, 2.45) is 17.8 Å². The first-order valence-corrected chi connectivity index (χ1v) is 8.94. The molecule has 2 heterocycles. The van der Waals surface area contributed by atoms with Crippen LogP contribution >= 0.6 is 0 Å². The van der Waals surface area contributed by atoms with E-state index in [1.165, 1.54) is 25.7 Å². The van der Waals surface area contributed by atoms with E-state index in [9.17, 15) is 5.11 Å². The molecule has 5 heteroatoms. The molecule has 0 saturated heterocycles. The number of aliphatic hydroxyl groups is 1. The van der Waals surface area contributed by atoms with Gasteiger partial charge in [0, 0.05) is 29.5 Å². The van der Waals surface area contributed by atoms with E-state index in [4.69, 9.17) is 0 Å². The molecule has 0 amide bonds. The van der Waals surface area contributed by atoms with Gasteiger partial charge in [-0.2, -0.15) is 0 Å². The van der Waals surface area contributed by atoms with Crippen molar-refractivity contribution >= 4 is 27.8 Å². The molecule has 0 bridgehead atoms. The van der Waals surface area contributed by atoms with Crippen molar-refractivity contribution in [3.05, 3.63) is 30.6 Å². The Balaban J connectivity index is 1.57. The van der Waals surface area contributed by atoms with Gasteiger partial charge in [0.25, 0.3) is 0 Å². The summed E-state index contributed by atoms with van der Waals surface area (Å²) in [6.07, 6.45) is 6.63. The fourth-order valence-electron chi connectivity index (χ4n) is 4.05. The number of rotatable bonds is 6. The molecule has 2 saturated carbocycles. The number of aromatic amines is 1. The summed E-state index contributed by atoms with van der Waals surface area (Å²) >= 11 is 0. The highest BCUT2D eigenvalue weighted by molar-refractivity contribution is 6.10. The molecular formula is C19H22N4O. The molecular weight excluding hydrogens is 300 g/mol. The van der Waals surface area contributed by atoms with Crippen LogP contribution in [-0.4, -0.2) is 32.7 Å². The second kappa shape index (κ2) is 5.45. The number of aliphatic hydroxyl groups excluding tert-OH is 1. The summed E-state index contributed by atoms with van der Waals surface area (Å²) in [6, 6.07) is 8.57. The van der Waals surface area contributed by atoms with Crippen LogP contribution < -0.4 is 5.32 Å². The minimum absolute atomic E-state index is 0.265. The van der Waals surface area contributed by atoms with Crippen LogP contribution in [0, 0.1) is 17.8 Å². The third-order valence-corrected chi connectivity index (χ3v) is 5.63. The minimum Gasteiger partial charge on any atom is -0.396 e. The number of aromatic nitrogens is 3. The van der Waals surface area contributed by atoms with Gasteiger partial charge in [-0.05, 0) is 43.6 Å². The van der Waals surface area contributed by atoms with E-state index in [1.807, 2.05) is 12.1 Å². The molecule has 2 fully saturated rings. The van der Waals surface area contributed by atoms with Gasteiger partial charge in [0.2, 0.25) is 0 Å². The fraction of sp³-hybridized carbons (Fsp3) is 0.474. The van der Waals surface area contributed by atoms with E-state index < -0.39 is 0 Å². The largest absolute Gasteiger partial charge is 0.396 e. The summed E-state index contributed by atoms with van der Waals surface area (Å²) in [6.45, 7) is 0.265. The molecule has 5 nitrogen and oxygen atoms in total. The predicted octanol–water partition coefficient (Wildman–Crippen LogP) is 3.32. The molecule has 0 aliphatic heterocycles. The number of H-pyrrole nitrogens is 1. The molecule has 24 heavy (non-hydrogen) atoms. The Labute approximate surface area is 140 Å². The van der Waals surface area contributed by atoms with Gasteiger partial charge in [-0.15, -0.1) is 0 Å². The lowest BCUT2D eigenvalue weighted by Gasteiger charge is -2.27. The van der Waals surface area contributed by atoms with Crippen LogP contribution in [0.25, 0.3) is 21.9 Å². The molecule has 3 N–H and O–H groups in total. The molecule has 3 aromatic rings. The number of hydrogen-bond acceptors (Lipinski definition) is 4. The standard InChI is InChI=1S/C19H22N4O/c24-9-14(11-5-6-11)17(12-7-8-12)23-19-16-13-3-1-2-4-15(13)22-18(16)20-10-21-19/h1-4,10-12,14,17,24H,5-9H2,(H2,20,21,22,23). The summed E-state index contributed by atoms with van der Waals surface area (Å²) in [5.74, 6) is 2.58. The van der Waals surface area contributed by atoms with E-state index in [2.05, 4.69) is 32.4 Å². The summed E-state index contributed by atoms with van der Waals surface area (Å²) in [5, 5.41) is 15.8. The van der Waals surface area contributed by atoms with Crippen molar-refractivity contribution in [2.45, 2.75) is 31.7 Å². The van der Waals surface area contributed by atoms with Crippen LogP contribution in [0.1, 0.15) is 25.7 Å². The smallest absolute Gasteiger partial charge is 0.143 e. The Hall–Kier alpha value is -2.14. The molecule has 0 spiro atoms. The van der Waals surface area contributed by atoms with Gasteiger partial charge in [-0.1, -0.05) is 18.2 Å². The van der Waals surface area contributed by atoms with Crippen LogP contribution in [-0.2, 0) is 0 Å². The maximum absolute atomic E-state index is 9.93. The third-order valence-electron chi connectivity index (χ3n) is 5.63. The van der Waals surface area contributed by atoms with Gasteiger partial charge in [0.05, 0.1) is 5.39 Å². The van der Waals surface area contributed by atoms with Crippen molar-refractivity contribution < 1.29 is 5.11 Å². The predicted molar refractivity (Wildman–Crippen MR) is 94.8 cm³/mol. The first-order valence-electron chi connectivity index (χ1n) is 8.94. The average molecular weight is 322 g/mol. The first kappa shape index (κ1) is 14.2. The molecule has 5 rings (SSSR count). The molecule has 124 valence electrons. The highest BCUT2D eigenvalue weighted by atomic mass is 16.3. The Morgan fingerprint density at radius 3 is 2.67 bits per heavy atom. The highest BCUT2D eigenvalue weighted by Gasteiger charge is 2.43. The number of benzene rings is 1. The zero-order valence-corrected chi connectivity index (χ0v) is 13.6. The van der Waals surface area contributed by atoms with Crippen molar-refractivity contribution in [2.75, 3.05) is 11.9 Å². The summed E-state index contributed by atoms with van der Waals surface area (Å²) in [7, 11) is 0. The lowest BCUT2D eigenvalue weighted by Crippen LogP contribution is -2.35. The lowest BCUT2D eigenvalue weighted by molar-refractivity contribution is 0.185. The van der Waals surface area contributed by atoms with Crippen LogP contribution in [0.2, 0.25) is 0 Å². The van der Waals surface area contributed by atoms with E-state index in [0.717, 1.165) is 27.8 Å². The van der Waals surface area contributed by atoms with E-state index in [1.54, 1.807) is 6.33 Å². The summed E-state index contributed by atoms with van der Waals surface area (Å²) in [5.41, 5.74) is 1.95. The number of para-hydroxylation sites is 1. The quantitative estimate of drug-likeness (QED) is 0.651. The number of hydrogen-bond donors (Lipinski definition) is 3. The van der Waals surface area contributed by atoms with Gasteiger partial charge in [-0.25, -0.2) is 9.97 Å². The van der Waals surface area contributed by atoms with Crippen molar-refractivity contribution in [3.63, 3.8) is 0 Å². The van der Waals surface area contributed by atoms with Crippen molar-refractivity contribution in [3.8, 4) is 0 Å². The van der Waals surface area contributed by atoms with E-state index in [-0.39, 0.29) is 6.61 Å². The minimum atomic E-state index is 0.265. The Morgan fingerprint density at radius 2 is 1.92 bits per heavy atom. The highest BCUT2D eigenvalue weighted by Crippen LogP contribution is 2.46. The first-order chi connectivity index (χ1) is 11.8. The van der Waals surface area contributed by atoms with Crippen LogP contribution in [0.3, 0.4) is 0 Å². The zero-order valence-electron chi connectivity index (χ0n) is 13.6. The molecule has 2 atom stereocenters. The molecule has 2 aliphatic carbocycles. The SMILES string of the molecule is OCC(C1CC1)C(Nc1ncnc2[nH]c3ccccc3c12)C1CC1. The maximum Gasteiger partial charge on any atom is 0.143 e. The maximum atomic E-state index is 9.93. The number of nitrogens with zero attached hydrogens (tertiary/aromatic N) is 2. The monoisotopic (exact) mass is 322 g/mol. The number of fused-ring (bicyclic) bond motifs is 3. The second-order valence-electron chi connectivity index (χ2n) is 7.31. The topological polar surface area (TPSA) is 73.8 Å². The lowest BCUT2D eigenvalue weighted by atomic mass is 9.91. The van der Waals surface area contributed by atoms with Gasteiger partial charge < -0.3 is 15.4 Å². The number of anilines is 1. The van der Waals surface area contributed by atoms with Gasteiger partial charge in [-0.3, -0.25) is 0 Å². The Morgan fingerprint density at radius 1 is 1.12 bits per heavy atom. The molecule has 0 radical (unpaired) electrons. The van der Waals surface area contributed by atoms with E-state index >= 15 is 0 Å². The second-order valence-corrected chi connectivity index (χ2v) is 7.31.